The molecule has 1 aliphatic rings. The molecule has 3 N–H and O–H groups in total. The van der Waals surface area contributed by atoms with Crippen LogP contribution >= 0.6 is 0 Å². The van der Waals surface area contributed by atoms with Crippen molar-refractivity contribution < 1.29 is 14.7 Å². The maximum atomic E-state index is 12.1. The van der Waals surface area contributed by atoms with Crippen LogP contribution in [0.5, 0.6) is 5.75 Å². The summed E-state index contributed by atoms with van der Waals surface area (Å²) in [4.78, 5) is 26.0. The Morgan fingerprint density at radius 2 is 1.94 bits per heavy atom. The molecule has 1 aromatic carbocycles. The van der Waals surface area contributed by atoms with Crippen molar-refractivity contribution in [2.45, 2.75) is 0 Å². The van der Waals surface area contributed by atoms with Gasteiger partial charge in [0.1, 0.15) is 5.75 Å². The van der Waals surface area contributed by atoms with E-state index in [4.69, 9.17) is 5.73 Å². The fourth-order valence-corrected chi connectivity index (χ4v) is 1.89. The topological polar surface area (TPSA) is 86.9 Å². The average Bonchev–Trinajstić information content (AvgIpc) is 2.41. The Kier molecular flexibility index (Phi) is 3.36. The minimum atomic E-state index is -0.157. The second kappa shape index (κ2) is 4.95. The van der Waals surface area contributed by atoms with Crippen molar-refractivity contribution in [1.29, 1.82) is 0 Å². The number of phenols is 1. The summed E-state index contributed by atoms with van der Waals surface area (Å²) < 4.78 is 0. The molecule has 6 nitrogen and oxygen atoms in total. The van der Waals surface area contributed by atoms with Crippen LogP contribution in [-0.4, -0.2) is 53.4 Å². The number of anilines is 1. The van der Waals surface area contributed by atoms with Crippen LogP contribution in [0.2, 0.25) is 0 Å². The van der Waals surface area contributed by atoms with Gasteiger partial charge in [-0.2, -0.15) is 0 Å². The van der Waals surface area contributed by atoms with E-state index in [0.29, 0.717) is 31.7 Å². The van der Waals surface area contributed by atoms with Crippen molar-refractivity contribution in [3.8, 4) is 5.75 Å². The summed E-state index contributed by atoms with van der Waals surface area (Å²) in [6.45, 7) is 2.08. The molecule has 0 atom stereocenters. The Hall–Kier alpha value is -2.24. The Morgan fingerprint density at radius 3 is 2.50 bits per heavy atom. The Bertz CT molecular complexity index is 468. The third-order valence-electron chi connectivity index (χ3n) is 3.03. The summed E-state index contributed by atoms with van der Waals surface area (Å²) in [6.07, 6.45) is 0.789. The van der Waals surface area contributed by atoms with E-state index in [2.05, 4.69) is 0 Å². The number of hydrogen-bond donors (Lipinski definition) is 2. The molecule has 1 aliphatic heterocycles. The average molecular weight is 249 g/mol. The molecule has 1 saturated heterocycles. The predicted molar refractivity (Wildman–Crippen MR) is 66.1 cm³/mol. The first-order valence-corrected chi connectivity index (χ1v) is 5.69. The van der Waals surface area contributed by atoms with Gasteiger partial charge >= 0.3 is 0 Å². The highest BCUT2D eigenvalue weighted by Gasteiger charge is 2.21. The van der Waals surface area contributed by atoms with Gasteiger partial charge in [-0.15, -0.1) is 0 Å². The van der Waals surface area contributed by atoms with Gasteiger partial charge in [-0.1, -0.05) is 0 Å². The molecular weight excluding hydrogens is 234 g/mol. The minimum Gasteiger partial charge on any atom is -0.506 e. The van der Waals surface area contributed by atoms with E-state index in [9.17, 15) is 14.7 Å². The summed E-state index contributed by atoms with van der Waals surface area (Å²) in [5.41, 5.74) is 6.13. The van der Waals surface area contributed by atoms with Crippen LogP contribution in [0.25, 0.3) is 0 Å². The lowest BCUT2D eigenvalue weighted by Crippen LogP contribution is -2.48. The van der Waals surface area contributed by atoms with Crippen LogP contribution < -0.4 is 5.73 Å². The first-order chi connectivity index (χ1) is 8.61. The summed E-state index contributed by atoms with van der Waals surface area (Å²) in [5.74, 6) is -0.247. The predicted octanol–water partition coefficient (Wildman–Crippen LogP) is -0.111. The number of piperazine rings is 1. The van der Waals surface area contributed by atoms with E-state index >= 15 is 0 Å². The lowest BCUT2D eigenvalue weighted by molar-refractivity contribution is -0.119. The number of amides is 2. The molecule has 2 rings (SSSR count). The highest BCUT2D eigenvalue weighted by molar-refractivity contribution is 5.95. The van der Waals surface area contributed by atoms with E-state index in [0.717, 1.165) is 6.41 Å². The molecule has 2 amide bonds. The Labute approximate surface area is 105 Å². The van der Waals surface area contributed by atoms with Gasteiger partial charge in [0.25, 0.3) is 5.91 Å². The number of hydrogen-bond acceptors (Lipinski definition) is 4. The van der Waals surface area contributed by atoms with Crippen molar-refractivity contribution in [2.24, 2.45) is 0 Å². The molecule has 18 heavy (non-hydrogen) atoms. The van der Waals surface area contributed by atoms with Crippen LogP contribution in [0, 0.1) is 0 Å². The number of phenolic OH excluding ortho intramolecular Hbond substituents is 1. The monoisotopic (exact) mass is 249 g/mol. The molecule has 0 aromatic heterocycles. The maximum absolute atomic E-state index is 12.1. The summed E-state index contributed by atoms with van der Waals surface area (Å²) in [5, 5.41) is 9.48. The van der Waals surface area contributed by atoms with Crippen molar-refractivity contribution in [3.63, 3.8) is 0 Å². The number of carbonyl (C=O) groups is 2. The first-order valence-electron chi connectivity index (χ1n) is 5.69. The zero-order valence-corrected chi connectivity index (χ0v) is 9.87. The molecular formula is C12H15N3O3. The third kappa shape index (κ3) is 2.37. The van der Waals surface area contributed by atoms with Crippen molar-refractivity contribution in [1.82, 2.24) is 9.80 Å². The number of nitrogens with two attached hydrogens (primary N) is 1. The standard InChI is InChI=1S/C12H15N3O3/c13-10-2-1-9(7-11(10)17)12(18)15-5-3-14(8-16)4-6-15/h1-2,7-8,17H,3-6,13H2. The smallest absolute Gasteiger partial charge is 0.254 e. The first kappa shape index (κ1) is 12.2. The molecule has 1 heterocycles. The van der Waals surface area contributed by atoms with Crippen molar-refractivity contribution >= 4 is 18.0 Å². The number of aromatic hydroxyl groups is 1. The van der Waals surface area contributed by atoms with E-state index in [1.165, 1.54) is 12.1 Å². The number of rotatable bonds is 2. The molecule has 0 unspecified atom stereocenters. The van der Waals surface area contributed by atoms with Gasteiger partial charge < -0.3 is 20.6 Å². The van der Waals surface area contributed by atoms with Gasteiger partial charge in [0.05, 0.1) is 5.69 Å². The molecule has 0 bridgehead atoms. The molecule has 96 valence electrons. The molecule has 0 aliphatic carbocycles. The van der Waals surface area contributed by atoms with E-state index in [-0.39, 0.29) is 17.3 Å². The molecule has 0 radical (unpaired) electrons. The van der Waals surface area contributed by atoms with E-state index < -0.39 is 0 Å². The maximum Gasteiger partial charge on any atom is 0.254 e. The SMILES string of the molecule is Nc1ccc(C(=O)N2CCN(C=O)CC2)cc1O. The molecule has 0 spiro atoms. The highest BCUT2D eigenvalue weighted by Crippen LogP contribution is 2.21. The van der Waals surface area contributed by atoms with Crippen molar-refractivity contribution in [2.75, 3.05) is 31.9 Å². The Morgan fingerprint density at radius 1 is 1.28 bits per heavy atom. The van der Waals surface area contributed by atoms with Gasteiger partial charge in [-0.25, -0.2) is 0 Å². The molecule has 0 saturated carbocycles. The van der Waals surface area contributed by atoms with Crippen LogP contribution in [0.15, 0.2) is 18.2 Å². The van der Waals surface area contributed by atoms with E-state index in [1.54, 1.807) is 15.9 Å². The van der Waals surface area contributed by atoms with E-state index in [1.807, 2.05) is 0 Å². The highest BCUT2D eigenvalue weighted by atomic mass is 16.3. The van der Waals surface area contributed by atoms with Crippen LogP contribution in [0.4, 0.5) is 5.69 Å². The summed E-state index contributed by atoms with van der Waals surface area (Å²) in [7, 11) is 0. The fourth-order valence-electron chi connectivity index (χ4n) is 1.89. The fraction of sp³-hybridized carbons (Fsp3) is 0.333. The molecule has 6 heteroatoms. The van der Waals surface area contributed by atoms with Crippen LogP contribution in [0.1, 0.15) is 10.4 Å². The van der Waals surface area contributed by atoms with Gasteiger partial charge in [0.15, 0.2) is 0 Å². The largest absolute Gasteiger partial charge is 0.506 e. The summed E-state index contributed by atoms with van der Waals surface area (Å²) >= 11 is 0. The quantitative estimate of drug-likeness (QED) is 0.435. The lowest BCUT2D eigenvalue weighted by atomic mass is 10.1. The normalized spacial score (nSPS) is 15.6. The number of nitrogens with zero attached hydrogens (tertiary/aromatic N) is 2. The number of nitrogen functional groups attached to an aromatic ring is 1. The molecule has 1 fully saturated rings. The van der Waals surface area contributed by atoms with Gasteiger partial charge in [-0.3, -0.25) is 9.59 Å². The summed E-state index contributed by atoms with van der Waals surface area (Å²) in [6, 6.07) is 4.46. The third-order valence-corrected chi connectivity index (χ3v) is 3.03. The molecule has 1 aromatic rings. The van der Waals surface area contributed by atoms with Gasteiger partial charge in [0.2, 0.25) is 6.41 Å². The zero-order chi connectivity index (χ0) is 13.1. The van der Waals surface area contributed by atoms with Gasteiger partial charge in [0, 0.05) is 31.7 Å². The second-order valence-corrected chi connectivity index (χ2v) is 4.21. The van der Waals surface area contributed by atoms with Crippen molar-refractivity contribution in [3.05, 3.63) is 23.8 Å². The lowest BCUT2D eigenvalue weighted by Gasteiger charge is -2.32. The number of benzene rings is 1. The van der Waals surface area contributed by atoms with Crippen LogP contribution in [-0.2, 0) is 4.79 Å². The second-order valence-electron chi connectivity index (χ2n) is 4.21. The minimum absolute atomic E-state index is 0.0904. The van der Waals surface area contributed by atoms with Gasteiger partial charge in [-0.05, 0) is 18.2 Å². The number of carbonyl (C=O) groups excluding carboxylic acids is 2. The van der Waals surface area contributed by atoms with Crippen LogP contribution in [0.3, 0.4) is 0 Å². The Balaban J connectivity index is 2.07. The zero-order valence-electron chi connectivity index (χ0n) is 9.87.